The molecule has 4 aromatic rings. The van der Waals surface area contributed by atoms with Crippen molar-refractivity contribution in [3.05, 3.63) is 90.6 Å². The Morgan fingerprint density at radius 1 is 0.971 bits per heavy atom. The average molecular weight is 475 g/mol. The number of imidazole rings is 1. The number of nitrogens with zero attached hydrogens (tertiary/aromatic N) is 3. The number of anilines is 2. The number of carbonyl (C=O) groups is 2. The normalized spacial score (nSPS) is 12.7. The van der Waals surface area contributed by atoms with Crippen LogP contribution >= 0.6 is 0 Å². The van der Waals surface area contributed by atoms with Gasteiger partial charge in [0.15, 0.2) is 11.6 Å². The molecule has 176 valence electrons. The number of hydrogen-bond donors (Lipinski definition) is 2. The number of halogens is 2. The number of nitrogens with one attached hydrogen (secondary N) is 2. The minimum Gasteiger partial charge on any atom is -0.454 e. The highest BCUT2D eigenvalue weighted by Gasteiger charge is 2.29. The Balaban J connectivity index is 1.23. The maximum absolute atomic E-state index is 14.7. The van der Waals surface area contributed by atoms with Gasteiger partial charge in [-0.2, -0.15) is 0 Å². The third-order valence-electron chi connectivity index (χ3n) is 5.29. The van der Waals surface area contributed by atoms with Crippen LogP contribution < -0.4 is 15.4 Å². The van der Waals surface area contributed by atoms with E-state index in [0.29, 0.717) is 17.3 Å². The van der Waals surface area contributed by atoms with Crippen LogP contribution in [-0.4, -0.2) is 26.3 Å². The fourth-order valence-corrected chi connectivity index (χ4v) is 3.29. The molecule has 0 spiro atoms. The lowest BCUT2D eigenvalue weighted by atomic mass is 10.2. The van der Waals surface area contributed by atoms with E-state index in [2.05, 4.69) is 20.6 Å². The second-order valence-corrected chi connectivity index (χ2v) is 7.98. The molecule has 1 saturated carbocycles. The number of benzene rings is 2. The van der Waals surface area contributed by atoms with E-state index in [1.165, 1.54) is 49.1 Å². The molecule has 0 atom stereocenters. The first-order valence-electron chi connectivity index (χ1n) is 10.8. The summed E-state index contributed by atoms with van der Waals surface area (Å²) in [6.07, 6.45) is 6.10. The molecule has 0 aliphatic heterocycles. The largest absolute Gasteiger partial charge is 0.454 e. The van der Waals surface area contributed by atoms with Crippen molar-refractivity contribution in [1.82, 2.24) is 14.5 Å². The Morgan fingerprint density at radius 3 is 2.51 bits per heavy atom. The Labute approximate surface area is 198 Å². The molecule has 2 N–H and O–H groups in total. The third-order valence-corrected chi connectivity index (χ3v) is 5.29. The third kappa shape index (κ3) is 5.32. The predicted octanol–water partition coefficient (Wildman–Crippen LogP) is 4.94. The predicted molar refractivity (Wildman–Crippen MR) is 124 cm³/mol. The molecular formula is C25H19F2N5O3. The topological polar surface area (TPSA) is 98.1 Å². The van der Waals surface area contributed by atoms with E-state index in [-0.39, 0.29) is 34.8 Å². The van der Waals surface area contributed by atoms with Gasteiger partial charge in [0.1, 0.15) is 29.4 Å². The van der Waals surface area contributed by atoms with Crippen molar-refractivity contribution in [1.29, 1.82) is 0 Å². The van der Waals surface area contributed by atoms with E-state index in [0.717, 1.165) is 18.9 Å². The molecule has 2 aromatic heterocycles. The molecule has 1 fully saturated rings. The zero-order valence-corrected chi connectivity index (χ0v) is 18.2. The van der Waals surface area contributed by atoms with Crippen molar-refractivity contribution in [2.45, 2.75) is 12.8 Å². The smallest absolute Gasteiger partial charge is 0.275 e. The van der Waals surface area contributed by atoms with Crippen LogP contribution in [0.2, 0.25) is 0 Å². The van der Waals surface area contributed by atoms with E-state index in [1.807, 2.05) is 0 Å². The van der Waals surface area contributed by atoms with E-state index < -0.39 is 11.7 Å². The summed E-state index contributed by atoms with van der Waals surface area (Å²) in [7, 11) is 0. The summed E-state index contributed by atoms with van der Waals surface area (Å²) < 4.78 is 34.9. The van der Waals surface area contributed by atoms with Gasteiger partial charge in [-0.1, -0.05) is 0 Å². The molecule has 0 radical (unpaired) electrons. The molecule has 35 heavy (non-hydrogen) atoms. The number of amides is 2. The number of carbonyl (C=O) groups excluding carboxylic acids is 2. The van der Waals surface area contributed by atoms with E-state index in [9.17, 15) is 18.4 Å². The molecule has 5 rings (SSSR count). The van der Waals surface area contributed by atoms with Gasteiger partial charge in [0.2, 0.25) is 5.91 Å². The Bertz CT molecular complexity index is 1400. The van der Waals surface area contributed by atoms with Crippen LogP contribution in [0.3, 0.4) is 0 Å². The van der Waals surface area contributed by atoms with Gasteiger partial charge < -0.3 is 19.9 Å². The van der Waals surface area contributed by atoms with Gasteiger partial charge in [0, 0.05) is 41.8 Å². The van der Waals surface area contributed by atoms with Crippen LogP contribution in [0.25, 0.3) is 5.69 Å². The van der Waals surface area contributed by atoms with Gasteiger partial charge in [-0.05, 0) is 55.3 Å². The van der Waals surface area contributed by atoms with Gasteiger partial charge in [-0.15, -0.1) is 0 Å². The molecule has 0 bridgehead atoms. The lowest BCUT2D eigenvalue weighted by molar-refractivity contribution is -0.117. The van der Waals surface area contributed by atoms with Crippen LogP contribution in [-0.2, 0) is 4.79 Å². The summed E-state index contributed by atoms with van der Waals surface area (Å²) in [5.41, 5.74) is 0.952. The van der Waals surface area contributed by atoms with Crippen molar-refractivity contribution in [3.8, 4) is 17.2 Å². The summed E-state index contributed by atoms with van der Waals surface area (Å²) in [6, 6.07) is 12.8. The van der Waals surface area contributed by atoms with Gasteiger partial charge in [0.05, 0.1) is 0 Å². The summed E-state index contributed by atoms with van der Waals surface area (Å²) in [4.78, 5) is 32.6. The highest BCUT2D eigenvalue weighted by Crippen LogP contribution is 2.31. The Hall–Kier alpha value is -4.60. The molecule has 2 heterocycles. The fourth-order valence-electron chi connectivity index (χ4n) is 3.29. The van der Waals surface area contributed by atoms with Gasteiger partial charge in [-0.3, -0.25) is 9.59 Å². The maximum atomic E-state index is 14.7. The molecule has 2 aromatic carbocycles. The van der Waals surface area contributed by atoms with Crippen LogP contribution in [0.4, 0.5) is 20.3 Å². The van der Waals surface area contributed by atoms with Crippen LogP contribution in [0.5, 0.6) is 11.5 Å². The summed E-state index contributed by atoms with van der Waals surface area (Å²) in [6.45, 7) is 0. The van der Waals surface area contributed by atoms with E-state index in [4.69, 9.17) is 4.74 Å². The Kier molecular flexibility index (Phi) is 5.92. The van der Waals surface area contributed by atoms with Crippen LogP contribution in [0.1, 0.15) is 23.3 Å². The number of hydrogen-bond acceptors (Lipinski definition) is 5. The zero-order chi connectivity index (χ0) is 24.4. The van der Waals surface area contributed by atoms with E-state index >= 15 is 0 Å². The van der Waals surface area contributed by atoms with Gasteiger partial charge in [0.25, 0.3) is 5.91 Å². The number of pyridine rings is 1. The highest BCUT2D eigenvalue weighted by atomic mass is 19.1. The molecule has 0 unspecified atom stereocenters. The van der Waals surface area contributed by atoms with E-state index in [1.54, 1.807) is 22.8 Å². The molecular weight excluding hydrogens is 456 g/mol. The number of ether oxygens (including phenoxy) is 1. The first-order valence-corrected chi connectivity index (χ1v) is 10.8. The van der Waals surface area contributed by atoms with Gasteiger partial charge in [-0.25, -0.2) is 18.7 Å². The Morgan fingerprint density at radius 2 is 1.77 bits per heavy atom. The lowest BCUT2D eigenvalue weighted by Crippen LogP contribution is -2.14. The molecule has 10 heteroatoms. The van der Waals surface area contributed by atoms with Crippen LogP contribution in [0.15, 0.2) is 73.3 Å². The minimum atomic E-state index is -0.694. The molecule has 1 aliphatic carbocycles. The summed E-state index contributed by atoms with van der Waals surface area (Å²) in [5.74, 6) is -1.11. The number of aromatic nitrogens is 3. The highest BCUT2D eigenvalue weighted by molar-refractivity contribution is 6.02. The molecule has 1 aliphatic rings. The lowest BCUT2D eigenvalue weighted by Gasteiger charge is -2.10. The first kappa shape index (κ1) is 22.2. The fraction of sp³-hybridized carbons (Fsp3) is 0.120. The van der Waals surface area contributed by atoms with Gasteiger partial charge >= 0.3 is 0 Å². The van der Waals surface area contributed by atoms with Crippen molar-refractivity contribution < 1.29 is 23.1 Å². The molecule has 2 amide bonds. The zero-order valence-electron chi connectivity index (χ0n) is 18.2. The number of rotatable bonds is 7. The summed E-state index contributed by atoms with van der Waals surface area (Å²) >= 11 is 0. The standard InChI is InChI=1S/C25H19F2N5O3/c26-16-3-6-18(7-4-16)32-13-21(29-14-32)25(34)30-17-5-8-22(20(27)11-17)35-19-9-10-28-23(12-19)31-24(33)15-1-2-15/h3-15H,1-2H2,(H,30,34)(H,28,31,33). The van der Waals surface area contributed by atoms with Crippen molar-refractivity contribution in [3.63, 3.8) is 0 Å². The molecule has 0 saturated heterocycles. The van der Waals surface area contributed by atoms with Crippen molar-refractivity contribution >= 4 is 23.3 Å². The molecule has 8 nitrogen and oxygen atoms in total. The summed E-state index contributed by atoms with van der Waals surface area (Å²) in [5, 5.41) is 5.29. The maximum Gasteiger partial charge on any atom is 0.275 e. The van der Waals surface area contributed by atoms with Crippen molar-refractivity contribution in [2.24, 2.45) is 5.92 Å². The minimum absolute atomic E-state index is 0.0262. The second kappa shape index (κ2) is 9.34. The van der Waals surface area contributed by atoms with Crippen LogP contribution in [0, 0.1) is 17.6 Å². The second-order valence-electron chi connectivity index (χ2n) is 7.98. The van der Waals surface area contributed by atoms with Crippen molar-refractivity contribution in [2.75, 3.05) is 10.6 Å². The first-order chi connectivity index (χ1) is 16.9. The average Bonchev–Trinajstić information content (AvgIpc) is 3.58. The SMILES string of the molecule is O=C(Nc1ccc(Oc2ccnc(NC(=O)C3CC3)c2)c(F)c1)c1cn(-c2ccc(F)cc2)cn1. The monoisotopic (exact) mass is 475 g/mol. The quantitative estimate of drug-likeness (QED) is 0.395.